The highest BCUT2D eigenvalue weighted by molar-refractivity contribution is 6.30. The Morgan fingerprint density at radius 1 is 1.00 bits per heavy atom. The van der Waals surface area contributed by atoms with Gasteiger partial charge in [0.25, 0.3) is 5.91 Å². The second-order valence-electron chi connectivity index (χ2n) is 8.34. The van der Waals surface area contributed by atoms with Crippen molar-refractivity contribution in [3.8, 4) is 11.6 Å². The van der Waals surface area contributed by atoms with Crippen LogP contribution in [0.5, 0.6) is 11.6 Å². The molecule has 1 aromatic heterocycles. The zero-order valence-corrected chi connectivity index (χ0v) is 18.9. The first-order chi connectivity index (χ1) is 16.1. The van der Waals surface area contributed by atoms with Crippen molar-refractivity contribution in [1.29, 1.82) is 0 Å². The minimum atomic E-state index is -0.383. The summed E-state index contributed by atoms with van der Waals surface area (Å²) in [7, 11) is 0. The summed E-state index contributed by atoms with van der Waals surface area (Å²) < 4.78 is 19.8. The van der Waals surface area contributed by atoms with Crippen LogP contribution in [0.1, 0.15) is 40.9 Å². The van der Waals surface area contributed by atoms with Crippen LogP contribution in [0.25, 0.3) is 0 Å². The predicted octanol–water partition coefficient (Wildman–Crippen LogP) is 5.25. The van der Waals surface area contributed by atoms with Gasteiger partial charge in [0, 0.05) is 42.7 Å². The molecule has 1 amide bonds. The van der Waals surface area contributed by atoms with Crippen molar-refractivity contribution in [3.05, 3.63) is 76.2 Å². The van der Waals surface area contributed by atoms with Gasteiger partial charge in [-0.05, 0) is 55.7 Å². The Bertz CT molecular complexity index is 1170. The first-order valence-corrected chi connectivity index (χ1v) is 11.6. The summed E-state index contributed by atoms with van der Waals surface area (Å²) in [4.78, 5) is 26.6. The molecule has 0 atom stereocenters. The fourth-order valence-electron chi connectivity index (χ4n) is 4.28. The molecule has 0 aliphatic carbocycles. The van der Waals surface area contributed by atoms with Crippen molar-refractivity contribution in [2.24, 2.45) is 0 Å². The number of halogens is 2. The lowest BCUT2D eigenvalue weighted by Crippen LogP contribution is -2.37. The van der Waals surface area contributed by atoms with E-state index in [4.69, 9.17) is 26.3 Å². The van der Waals surface area contributed by atoms with Gasteiger partial charge < -0.3 is 14.5 Å². The van der Waals surface area contributed by atoms with Gasteiger partial charge >= 0.3 is 0 Å². The molecule has 0 N–H and O–H groups in total. The molecule has 2 aromatic carbocycles. The Morgan fingerprint density at radius 2 is 1.79 bits per heavy atom. The number of carbonyl (C=O) groups excluding carboxylic acids is 1. The predicted molar refractivity (Wildman–Crippen MR) is 124 cm³/mol. The van der Waals surface area contributed by atoms with Gasteiger partial charge in [-0.2, -0.15) is 4.98 Å². The van der Waals surface area contributed by atoms with Crippen LogP contribution in [0.3, 0.4) is 0 Å². The number of amides is 1. The van der Waals surface area contributed by atoms with Gasteiger partial charge in [0.2, 0.25) is 11.8 Å². The van der Waals surface area contributed by atoms with E-state index in [1.807, 2.05) is 0 Å². The number of fused-ring (bicyclic) bond motifs is 1. The number of hydrogen-bond acceptors (Lipinski definition) is 5. The Labute approximate surface area is 197 Å². The highest BCUT2D eigenvalue weighted by Gasteiger charge is 2.28. The summed E-state index contributed by atoms with van der Waals surface area (Å²) in [5, 5.41) is 0.583. The number of carbonyl (C=O) groups is 1. The van der Waals surface area contributed by atoms with E-state index in [1.54, 1.807) is 41.3 Å². The summed E-state index contributed by atoms with van der Waals surface area (Å²) in [6.45, 7) is 2.67. The second kappa shape index (κ2) is 9.35. The Kier molecular flexibility index (Phi) is 6.13. The lowest BCUT2D eigenvalue weighted by molar-refractivity contribution is 0.0732. The molecule has 1 saturated heterocycles. The Morgan fingerprint density at radius 3 is 2.55 bits per heavy atom. The SMILES string of the molecule is O=C(c1ccc(Cl)cc1)N1CCc2nc(N3CCCCC3)nc(Oc3cccc(F)c3)c2C1. The summed E-state index contributed by atoms with van der Waals surface area (Å²) in [6.07, 6.45) is 4.00. The molecule has 0 radical (unpaired) electrons. The number of anilines is 1. The fraction of sp³-hybridized carbons (Fsp3) is 0.320. The van der Waals surface area contributed by atoms with Crippen molar-refractivity contribution in [2.75, 3.05) is 24.5 Å². The van der Waals surface area contributed by atoms with Crippen LogP contribution in [0.2, 0.25) is 5.02 Å². The summed E-state index contributed by atoms with van der Waals surface area (Å²) in [6, 6.07) is 12.8. The molecule has 170 valence electrons. The minimum Gasteiger partial charge on any atom is -0.438 e. The average molecular weight is 467 g/mol. The monoisotopic (exact) mass is 466 g/mol. The van der Waals surface area contributed by atoms with E-state index < -0.39 is 0 Å². The number of hydrogen-bond donors (Lipinski definition) is 0. The number of benzene rings is 2. The van der Waals surface area contributed by atoms with Crippen LogP contribution in [0, 0.1) is 5.82 Å². The van der Waals surface area contributed by atoms with Crippen LogP contribution in [-0.2, 0) is 13.0 Å². The molecule has 2 aliphatic heterocycles. The van der Waals surface area contributed by atoms with E-state index >= 15 is 0 Å². The van der Waals surface area contributed by atoms with Gasteiger partial charge in [0.1, 0.15) is 11.6 Å². The van der Waals surface area contributed by atoms with Gasteiger partial charge in [-0.25, -0.2) is 9.37 Å². The molecule has 0 saturated carbocycles. The van der Waals surface area contributed by atoms with Crippen LogP contribution in [0.4, 0.5) is 10.3 Å². The maximum atomic E-state index is 13.8. The number of piperidine rings is 1. The number of ether oxygens (including phenoxy) is 1. The largest absolute Gasteiger partial charge is 0.438 e. The zero-order valence-electron chi connectivity index (χ0n) is 18.1. The van der Waals surface area contributed by atoms with Crippen LogP contribution < -0.4 is 9.64 Å². The molecule has 0 spiro atoms. The molecular formula is C25H24ClFN4O2. The first-order valence-electron chi connectivity index (χ1n) is 11.2. The molecule has 0 unspecified atom stereocenters. The second-order valence-corrected chi connectivity index (χ2v) is 8.78. The molecule has 6 nitrogen and oxygen atoms in total. The average Bonchev–Trinajstić information content (AvgIpc) is 2.84. The molecule has 2 aliphatic rings. The van der Waals surface area contributed by atoms with E-state index in [0.29, 0.717) is 47.7 Å². The summed E-state index contributed by atoms with van der Waals surface area (Å²) >= 11 is 5.97. The van der Waals surface area contributed by atoms with Gasteiger partial charge in [0.05, 0.1) is 17.8 Å². The topological polar surface area (TPSA) is 58.6 Å². The highest BCUT2D eigenvalue weighted by atomic mass is 35.5. The van der Waals surface area contributed by atoms with E-state index in [2.05, 4.69) is 4.90 Å². The van der Waals surface area contributed by atoms with E-state index in [1.165, 1.54) is 18.6 Å². The molecule has 1 fully saturated rings. The lowest BCUT2D eigenvalue weighted by atomic mass is 10.0. The van der Waals surface area contributed by atoms with E-state index in [9.17, 15) is 9.18 Å². The van der Waals surface area contributed by atoms with E-state index in [0.717, 1.165) is 37.2 Å². The smallest absolute Gasteiger partial charge is 0.254 e. The van der Waals surface area contributed by atoms with Crippen molar-refractivity contribution in [2.45, 2.75) is 32.2 Å². The summed E-state index contributed by atoms with van der Waals surface area (Å²) in [5.74, 6) is 0.902. The minimum absolute atomic E-state index is 0.0888. The maximum Gasteiger partial charge on any atom is 0.254 e. The maximum absolute atomic E-state index is 13.8. The van der Waals surface area contributed by atoms with Crippen LogP contribution >= 0.6 is 11.6 Å². The highest BCUT2D eigenvalue weighted by Crippen LogP contribution is 2.32. The van der Waals surface area contributed by atoms with Gasteiger partial charge in [-0.3, -0.25) is 4.79 Å². The van der Waals surface area contributed by atoms with Gasteiger partial charge in [-0.1, -0.05) is 17.7 Å². The molecular weight excluding hydrogens is 443 g/mol. The quantitative estimate of drug-likeness (QED) is 0.525. The molecule has 0 bridgehead atoms. The van der Waals surface area contributed by atoms with Crippen molar-refractivity contribution in [1.82, 2.24) is 14.9 Å². The lowest BCUT2D eigenvalue weighted by Gasteiger charge is -2.32. The Balaban J connectivity index is 1.48. The van der Waals surface area contributed by atoms with Gasteiger partial charge in [0.15, 0.2) is 0 Å². The van der Waals surface area contributed by atoms with Gasteiger partial charge in [-0.15, -0.1) is 0 Å². The van der Waals surface area contributed by atoms with E-state index in [-0.39, 0.29) is 11.7 Å². The normalized spacial score (nSPS) is 15.8. The molecule has 3 heterocycles. The standard InChI is InChI=1S/C25H24ClFN4O2/c26-18-9-7-17(8-10-18)24(32)31-14-11-22-21(16-31)23(33-20-6-4-5-19(27)15-20)29-25(28-22)30-12-2-1-3-13-30/h4-10,15H,1-3,11-14,16H2. The number of rotatable bonds is 4. The third-order valence-electron chi connectivity index (χ3n) is 6.04. The number of nitrogens with zero attached hydrogens (tertiary/aromatic N) is 4. The first kappa shape index (κ1) is 21.6. The van der Waals surface area contributed by atoms with Crippen molar-refractivity contribution in [3.63, 3.8) is 0 Å². The molecule has 33 heavy (non-hydrogen) atoms. The number of aromatic nitrogens is 2. The molecule has 3 aromatic rings. The molecule has 5 rings (SSSR count). The van der Waals surface area contributed by atoms with Crippen LogP contribution in [-0.4, -0.2) is 40.4 Å². The molecule has 8 heteroatoms. The fourth-order valence-corrected chi connectivity index (χ4v) is 4.41. The Hall–Kier alpha value is -3.19. The third-order valence-corrected chi connectivity index (χ3v) is 6.29. The zero-order chi connectivity index (χ0) is 22.8. The van der Waals surface area contributed by atoms with Crippen molar-refractivity contribution >= 4 is 23.5 Å². The third kappa shape index (κ3) is 4.78. The van der Waals surface area contributed by atoms with Crippen molar-refractivity contribution < 1.29 is 13.9 Å². The summed E-state index contributed by atoms with van der Waals surface area (Å²) in [5.41, 5.74) is 2.20. The van der Waals surface area contributed by atoms with Crippen LogP contribution in [0.15, 0.2) is 48.5 Å².